The van der Waals surface area contributed by atoms with Gasteiger partial charge >= 0.3 is 5.97 Å². The van der Waals surface area contributed by atoms with Gasteiger partial charge in [0.1, 0.15) is 12.4 Å². The zero-order chi connectivity index (χ0) is 23.3. The molecule has 2 aromatic carbocycles. The molecule has 7 heteroatoms. The van der Waals surface area contributed by atoms with Crippen molar-refractivity contribution < 1.29 is 28.5 Å². The fraction of sp³-hybridized carbons (Fsp3) is 0.200. The van der Waals surface area contributed by atoms with Gasteiger partial charge in [-0.05, 0) is 55.0 Å². The van der Waals surface area contributed by atoms with Crippen LogP contribution in [-0.4, -0.2) is 39.8 Å². The maximum absolute atomic E-state index is 13.4. The third kappa shape index (κ3) is 4.37. The van der Waals surface area contributed by atoms with Crippen molar-refractivity contribution in [3.05, 3.63) is 77.5 Å². The normalized spacial score (nSPS) is 14.6. The highest BCUT2D eigenvalue weighted by molar-refractivity contribution is 6.23. The quantitative estimate of drug-likeness (QED) is 0.352. The molecule has 3 rings (SSSR count). The number of anilines is 1. The Balaban J connectivity index is 2.06. The minimum atomic E-state index is -0.587. The highest BCUT2D eigenvalue weighted by Crippen LogP contribution is 2.37. The molecule has 0 radical (unpaired) electrons. The standard InChI is InChI=1S/C25H25NO6/c1-6-13-32-21-12-7-17(15-22(21)30-4)14-20-23(25(28)31-5)16(2)26(24(20)27)18-8-10-19(29-3)11-9-18/h6-12,14-15H,1,13H2,2-5H3/b20-14+. The molecule has 1 amide bonds. The molecule has 0 saturated heterocycles. The maximum atomic E-state index is 13.4. The third-order valence-electron chi connectivity index (χ3n) is 4.98. The van der Waals surface area contributed by atoms with Crippen molar-refractivity contribution in [3.8, 4) is 17.2 Å². The number of ether oxygens (including phenoxy) is 4. The summed E-state index contributed by atoms with van der Waals surface area (Å²) in [5, 5.41) is 0. The van der Waals surface area contributed by atoms with Gasteiger partial charge in [0, 0.05) is 11.4 Å². The summed E-state index contributed by atoms with van der Waals surface area (Å²) in [5.41, 5.74) is 2.20. The number of rotatable bonds is 8. The largest absolute Gasteiger partial charge is 0.497 e. The lowest BCUT2D eigenvalue weighted by Gasteiger charge is -2.18. The van der Waals surface area contributed by atoms with E-state index < -0.39 is 5.97 Å². The summed E-state index contributed by atoms with van der Waals surface area (Å²) >= 11 is 0. The predicted octanol–water partition coefficient (Wildman–Crippen LogP) is 4.15. The lowest BCUT2D eigenvalue weighted by Crippen LogP contribution is -2.24. The molecule has 7 nitrogen and oxygen atoms in total. The molecule has 0 aromatic heterocycles. The van der Waals surface area contributed by atoms with Gasteiger partial charge in [-0.15, -0.1) is 0 Å². The Morgan fingerprint density at radius 3 is 2.34 bits per heavy atom. The number of carbonyl (C=O) groups excluding carboxylic acids is 2. The number of hydrogen-bond acceptors (Lipinski definition) is 6. The Morgan fingerprint density at radius 1 is 1.03 bits per heavy atom. The van der Waals surface area contributed by atoms with Crippen LogP contribution in [0.25, 0.3) is 6.08 Å². The smallest absolute Gasteiger partial charge is 0.340 e. The van der Waals surface area contributed by atoms with Crippen LogP contribution in [0.5, 0.6) is 17.2 Å². The van der Waals surface area contributed by atoms with Gasteiger partial charge in [0.25, 0.3) is 5.91 Å². The van der Waals surface area contributed by atoms with E-state index in [4.69, 9.17) is 18.9 Å². The van der Waals surface area contributed by atoms with Crippen LogP contribution < -0.4 is 19.1 Å². The fourth-order valence-corrected chi connectivity index (χ4v) is 3.43. The Hall–Kier alpha value is -4.00. The van der Waals surface area contributed by atoms with E-state index in [1.807, 2.05) is 0 Å². The van der Waals surface area contributed by atoms with Crippen LogP contribution in [0.1, 0.15) is 12.5 Å². The number of allylic oxidation sites excluding steroid dienone is 1. The lowest BCUT2D eigenvalue weighted by atomic mass is 10.0. The van der Waals surface area contributed by atoms with Crippen molar-refractivity contribution >= 4 is 23.6 Å². The monoisotopic (exact) mass is 435 g/mol. The Kier molecular flexibility index (Phi) is 7.00. The number of hydrogen-bond donors (Lipinski definition) is 0. The number of carbonyl (C=O) groups is 2. The Morgan fingerprint density at radius 2 is 1.75 bits per heavy atom. The van der Waals surface area contributed by atoms with Crippen LogP contribution in [0.3, 0.4) is 0 Å². The summed E-state index contributed by atoms with van der Waals surface area (Å²) in [4.78, 5) is 27.4. The van der Waals surface area contributed by atoms with Crippen molar-refractivity contribution in [2.45, 2.75) is 6.92 Å². The summed E-state index contributed by atoms with van der Waals surface area (Å²) < 4.78 is 21.1. The van der Waals surface area contributed by atoms with Crippen LogP contribution in [-0.2, 0) is 14.3 Å². The third-order valence-corrected chi connectivity index (χ3v) is 4.98. The summed E-state index contributed by atoms with van der Waals surface area (Å²) in [6.45, 7) is 5.68. The average Bonchev–Trinajstić information content (AvgIpc) is 3.06. The van der Waals surface area contributed by atoms with Crippen LogP contribution >= 0.6 is 0 Å². The number of benzene rings is 2. The summed E-state index contributed by atoms with van der Waals surface area (Å²) in [7, 11) is 4.39. The molecule has 166 valence electrons. The first-order valence-corrected chi connectivity index (χ1v) is 9.86. The van der Waals surface area contributed by atoms with Crippen molar-refractivity contribution in [2.75, 3.05) is 32.8 Å². The highest BCUT2D eigenvalue weighted by atomic mass is 16.5. The van der Waals surface area contributed by atoms with Crippen molar-refractivity contribution in [3.63, 3.8) is 0 Å². The molecule has 0 N–H and O–H groups in total. The molecular weight excluding hydrogens is 410 g/mol. The van der Waals surface area contributed by atoms with Gasteiger partial charge in [-0.2, -0.15) is 0 Å². The summed E-state index contributed by atoms with van der Waals surface area (Å²) in [5.74, 6) is 0.790. The van der Waals surface area contributed by atoms with Gasteiger partial charge in [-0.1, -0.05) is 18.7 Å². The molecule has 1 aliphatic rings. The molecule has 0 atom stereocenters. The molecule has 0 saturated carbocycles. The number of nitrogens with zero attached hydrogens (tertiary/aromatic N) is 1. The van der Waals surface area contributed by atoms with E-state index in [1.54, 1.807) is 68.7 Å². The van der Waals surface area contributed by atoms with E-state index in [0.29, 0.717) is 40.8 Å². The van der Waals surface area contributed by atoms with Gasteiger partial charge < -0.3 is 18.9 Å². The summed E-state index contributed by atoms with van der Waals surface area (Å²) in [6, 6.07) is 12.3. The van der Waals surface area contributed by atoms with Gasteiger partial charge in [0.05, 0.1) is 32.5 Å². The van der Waals surface area contributed by atoms with E-state index in [-0.39, 0.29) is 17.1 Å². The number of esters is 1. The zero-order valence-electron chi connectivity index (χ0n) is 18.5. The molecule has 32 heavy (non-hydrogen) atoms. The first-order chi connectivity index (χ1) is 15.4. The first-order valence-electron chi connectivity index (χ1n) is 9.86. The molecule has 1 heterocycles. The maximum Gasteiger partial charge on any atom is 0.340 e. The van der Waals surface area contributed by atoms with Gasteiger partial charge in [0.15, 0.2) is 11.5 Å². The SMILES string of the molecule is C=CCOc1ccc(/C=C2/C(=O)N(c3ccc(OC)cc3)C(C)=C2C(=O)OC)cc1OC. The second-order valence-electron chi connectivity index (χ2n) is 6.86. The van der Waals surface area contributed by atoms with Crippen molar-refractivity contribution in [1.29, 1.82) is 0 Å². The minimum absolute atomic E-state index is 0.208. The van der Waals surface area contributed by atoms with E-state index in [1.165, 1.54) is 19.1 Å². The number of amides is 1. The van der Waals surface area contributed by atoms with Crippen LogP contribution in [0.15, 0.2) is 72.0 Å². The second kappa shape index (κ2) is 9.87. The molecule has 0 fully saturated rings. The molecular formula is C25H25NO6. The summed E-state index contributed by atoms with van der Waals surface area (Å²) in [6.07, 6.45) is 3.28. The fourth-order valence-electron chi connectivity index (χ4n) is 3.43. The predicted molar refractivity (Wildman–Crippen MR) is 122 cm³/mol. The molecule has 2 aromatic rings. The Labute approximate surface area is 187 Å². The van der Waals surface area contributed by atoms with Crippen LogP contribution in [0.2, 0.25) is 0 Å². The van der Waals surface area contributed by atoms with Crippen molar-refractivity contribution in [1.82, 2.24) is 0 Å². The highest BCUT2D eigenvalue weighted by Gasteiger charge is 2.37. The molecule has 0 unspecified atom stereocenters. The lowest BCUT2D eigenvalue weighted by molar-refractivity contribution is -0.136. The van der Waals surface area contributed by atoms with Crippen LogP contribution in [0, 0.1) is 0 Å². The van der Waals surface area contributed by atoms with E-state index in [9.17, 15) is 9.59 Å². The Bertz CT molecular complexity index is 1100. The number of methoxy groups -OCH3 is 3. The van der Waals surface area contributed by atoms with E-state index in [2.05, 4.69) is 6.58 Å². The van der Waals surface area contributed by atoms with E-state index >= 15 is 0 Å². The molecule has 1 aliphatic heterocycles. The van der Waals surface area contributed by atoms with E-state index in [0.717, 1.165) is 0 Å². The van der Waals surface area contributed by atoms with Crippen molar-refractivity contribution in [2.24, 2.45) is 0 Å². The van der Waals surface area contributed by atoms with Crippen LogP contribution in [0.4, 0.5) is 5.69 Å². The second-order valence-corrected chi connectivity index (χ2v) is 6.86. The minimum Gasteiger partial charge on any atom is -0.497 e. The topological polar surface area (TPSA) is 74.3 Å². The van der Waals surface area contributed by atoms with Gasteiger partial charge in [-0.25, -0.2) is 4.79 Å². The molecule has 0 bridgehead atoms. The molecule has 0 spiro atoms. The zero-order valence-corrected chi connectivity index (χ0v) is 18.5. The molecule has 0 aliphatic carbocycles. The van der Waals surface area contributed by atoms with Gasteiger partial charge in [-0.3, -0.25) is 9.69 Å². The average molecular weight is 435 g/mol. The van der Waals surface area contributed by atoms with Gasteiger partial charge in [0.2, 0.25) is 0 Å². The first kappa shape index (κ1) is 22.7.